The molecule has 1 atom stereocenters. The summed E-state index contributed by atoms with van der Waals surface area (Å²) in [7, 11) is -2.81. The summed E-state index contributed by atoms with van der Waals surface area (Å²) in [6.07, 6.45) is 0.889. The Morgan fingerprint density at radius 3 is 2.30 bits per heavy atom. The van der Waals surface area contributed by atoms with Crippen LogP contribution in [0.15, 0.2) is 42.5 Å². The van der Waals surface area contributed by atoms with Crippen LogP contribution in [-0.2, 0) is 26.2 Å². The first-order chi connectivity index (χ1) is 17.0. The molecular formula is C25H34N4O7S. The van der Waals surface area contributed by atoms with Crippen LogP contribution in [-0.4, -0.2) is 61.5 Å². The number of nitrogens with one attached hydrogen (secondary N) is 1. The van der Waals surface area contributed by atoms with Gasteiger partial charge in [-0.2, -0.15) is 0 Å². The number of sulfonamides is 1. The number of nitro benzene ring substituents is 1. The number of nitro groups is 1. The standard InChI is InChI=1S/C25H34N4O7S/c1-17-10-8-9-11-19(17)15-27(18(2)24(31)26-25(3,4)5)23(30)16-28(37(7,34)35)21-14-20(29(32)33)12-13-22(21)36-6/h8-14,18H,15-16H2,1-7H3,(H,26,31)/t18-/m1/s1. The molecule has 2 amide bonds. The fourth-order valence-electron chi connectivity index (χ4n) is 3.61. The van der Waals surface area contributed by atoms with Gasteiger partial charge in [0.25, 0.3) is 5.69 Å². The Kier molecular flexibility index (Phi) is 9.26. The lowest BCUT2D eigenvalue weighted by atomic mass is 10.1. The van der Waals surface area contributed by atoms with Gasteiger partial charge in [0.15, 0.2) is 0 Å². The van der Waals surface area contributed by atoms with E-state index in [-0.39, 0.29) is 23.7 Å². The van der Waals surface area contributed by atoms with Crippen molar-refractivity contribution in [1.29, 1.82) is 0 Å². The van der Waals surface area contributed by atoms with Crippen LogP contribution in [0.2, 0.25) is 0 Å². The van der Waals surface area contributed by atoms with Crippen molar-refractivity contribution in [3.8, 4) is 5.75 Å². The van der Waals surface area contributed by atoms with Crippen molar-refractivity contribution >= 4 is 33.2 Å². The lowest BCUT2D eigenvalue weighted by Gasteiger charge is -2.33. The van der Waals surface area contributed by atoms with Gasteiger partial charge in [0, 0.05) is 24.2 Å². The molecule has 0 unspecified atom stereocenters. The van der Waals surface area contributed by atoms with Gasteiger partial charge in [-0.05, 0) is 51.8 Å². The van der Waals surface area contributed by atoms with Crippen LogP contribution in [0.3, 0.4) is 0 Å². The number of hydrogen-bond donors (Lipinski definition) is 1. The number of ether oxygens (including phenoxy) is 1. The van der Waals surface area contributed by atoms with Crippen LogP contribution in [0.4, 0.5) is 11.4 Å². The first-order valence-corrected chi connectivity index (χ1v) is 13.4. The summed E-state index contributed by atoms with van der Waals surface area (Å²) in [6.45, 7) is 8.22. The zero-order chi connectivity index (χ0) is 28.1. The molecule has 0 aromatic heterocycles. The number of aryl methyl sites for hydroxylation is 1. The summed E-state index contributed by atoms with van der Waals surface area (Å²) < 4.78 is 31.6. The number of carbonyl (C=O) groups is 2. The Labute approximate surface area is 217 Å². The normalized spacial score (nSPS) is 12.4. The average Bonchev–Trinajstić information content (AvgIpc) is 2.79. The molecule has 1 N–H and O–H groups in total. The van der Waals surface area contributed by atoms with Gasteiger partial charge in [-0.25, -0.2) is 8.42 Å². The Bertz CT molecular complexity index is 1270. The van der Waals surface area contributed by atoms with Crippen LogP contribution in [0.5, 0.6) is 5.75 Å². The van der Waals surface area contributed by atoms with Crippen LogP contribution in [0.1, 0.15) is 38.8 Å². The summed E-state index contributed by atoms with van der Waals surface area (Å²) in [5, 5.41) is 14.2. The molecule has 202 valence electrons. The molecule has 0 aliphatic carbocycles. The largest absolute Gasteiger partial charge is 0.495 e. The van der Waals surface area contributed by atoms with Crippen molar-refractivity contribution in [2.24, 2.45) is 0 Å². The maximum absolute atomic E-state index is 13.7. The van der Waals surface area contributed by atoms with Crippen LogP contribution in [0, 0.1) is 17.0 Å². The van der Waals surface area contributed by atoms with E-state index in [0.29, 0.717) is 0 Å². The molecule has 0 heterocycles. The third-order valence-corrected chi connectivity index (χ3v) is 6.72. The van der Waals surface area contributed by atoms with Gasteiger partial charge in [-0.15, -0.1) is 0 Å². The Morgan fingerprint density at radius 2 is 1.78 bits per heavy atom. The number of carbonyl (C=O) groups excluding carboxylic acids is 2. The van der Waals surface area contributed by atoms with Gasteiger partial charge >= 0.3 is 0 Å². The van der Waals surface area contributed by atoms with Crippen molar-refractivity contribution in [1.82, 2.24) is 10.2 Å². The summed E-state index contributed by atoms with van der Waals surface area (Å²) in [5.74, 6) is -1.04. The smallest absolute Gasteiger partial charge is 0.271 e. The molecule has 0 bridgehead atoms. The third-order valence-electron chi connectivity index (χ3n) is 5.59. The first kappa shape index (κ1) is 29.6. The van der Waals surface area contributed by atoms with Crippen molar-refractivity contribution in [3.63, 3.8) is 0 Å². The quantitative estimate of drug-likeness (QED) is 0.365. The fourth-order valence-corrected chi connectivity index (χ4v) is 4.45. The molecule has 0 fully saturated rings. The molecule has 0 spiro atoms. The van der Waals surface area contributed by atoms with E-state index in [1.165, 1.54) is 24.1 Å². The fraction of sp³-hybridized carbons (Fsp3) is 0.440. The van der Waals surface area contributed by atoms with Crippen molar-refractivity contribution in [2.45, 2.75) is 52.7 Å². The van der Waals surface area contributed by atoms with Gasteiger partial charge in [0.1, 0.15) is 24.0 Å². The predicted molar refractivity (Wildman–Crippen MR) is 141 cm³/mol. The minimum Gasteiger partial charge on any atom is -0.495 e. The van der Waals surface area contributed by atoms with Crippen LogP contribution < -0.4 is 14.4 Å². The minimum atomic E-state index is -4.09. The summed E-state index contributed by atoms with van der Waals surface area (Å²) in [6, 6.07) is 9.88. The Morgan fingerprint density at radius 1 is 1.16 bits per heavy atom. The van der Waals surface area contributed by atoms with Gasteiger partial charge in [-0.3, -0.25) is 24.0 Å². The van der Waals surface area contributed by atoms with E-state index in [4.69, 9.17) is 4.74 Å². The molecule has 0 saturated carbocycles. The molecule has 0 saturated heterocycles. The minimum absolute atomic E-state index is 0.0350. The molecule has 2 rings (SSSR count). The number of nitrogens with zero attached hydrogens (tertiary/aromatic N) is 3. The highest BCUT2D eigenvalue weighted by molar-refractivity contribution is 7.92. The van der Waals surface area contributed by atoms with E-state index in [9.17, 15) is 28.1 Å². The van der Waals surface area contributed by atoms with Gasteiger partial charge in [-0.1, -0.05) is 24.3 Å². The number of benzene rings is 2. The van der Waals surface area contributed by atoms with Gasteiger partial charge in [0.05, 0.1) is 18.3 Å². The topological polar surface area (TPSA) is 139 Å². The van der Waals surface area contributed by atoms with E-state index < -0.39 is 44.9 Å². The lowest BCUT2D eigenvalue weighted by molar-refractivity contribution is -0.384. The molecule has 37 heavy (non-hydrogen) atoms. The molecule has 0 aliphatic rings. The number of rotatable bonds is 10. The van der Waals surface area contributed by atoms with E-state index in [1.807, 2.05) is 52.0 Å². The summed E-state index contributed by atoms with van der Waals surface area (Å²) in [5.41, 5.74) is 0.591. The van der Waals surface area contributed by atoms with Crippen molar-refractivity contribution in [3.05, 3.63) is 63.7 Å². The van der Waals surface area contributed by atoms with E-state index in [0.717, 1.165) is 27.8 Å². The second-order valence-electron chi connectivity index (χ2n) is 9.75. The second kappa shape index (κ2) is 11.6. The highest BCUT2D eigenvalue weighted by atomic mass is 32.2. The second-order valence-corrected chi connectivity index (χ2v) is 11.7. The zero-order valence-corrected chi connectivity index (χ0v) is 23.0. The van der Waals surface area contributed by atoms with E-state index in [1.54, 1.807) is 6.92 Å². The number of anilines is 1. The monoisotopic (exact) mass is 534 g/mol. The predicted octanol–water partition coefficient (Wildman–Crippen LogP) is 3.01. The molecule has 2 aromatic rings. The van der Waals surface area contributed by atoms with Crippen molar-refractivity contribution in [2.75, 3.05) is 24.2 Å². The van der Waals surface area contributed by atoms with Gasteiger partial charge in [0.2, 0.25) is 21.8 Å². The summed E-state index contributed by atoms with van der Waals surface area (Å²) >= 11 is 0. The molecule has 0 radical (unpaired) electrons. The first-order valence-electron chi connectivity index (χ1n) is 11.5. The molecule has 11 nitrogen and oxygen atoms in total. The lowest BCUT2D eigenvalue weighted by Crippen LogP contribution is -2.54. The highest BCUT2D eigenvalue weighted by Gasteiger charge is 2.33. The number of non-ortho nitro benzene ring substituents is 1. The van der Waals surface area contributed by atoms with E-state index >= 15 is 0 Å². The number of methoxy groups -OCH3 is 1. The zero-order valence-electron chi connectivity index (χ0n) is 22.1. The van der Waals surface area contributed by atoms with E-state index in [2.05, 4.69) is 5.32 Å². The molecule has 12 heteroatoms. The number of hydrogen-bond acceptors (Lipinski definition) is 7. The highest BCUT2D eigenvalue weighted by Crippen LogP contribution is 2.34. The summed E-state index contributed by atoms with van der Waals surface area (Å²) in [4.78, 5) is 38.7. The average molecular weight is 535 g/mol. The Hall–Kier alpha value is -3.67. The Balaban J connectivity index is 2.55. The van der Waals surface area contributed by atoms with Gasteiger partial charge < -0.3 is 15.0 Å². The molecule has 0 aliphatic heterocycles. The third kappa shape index (κ3) is 7.91. The number of amides is 2. The van der Waals surface area contributed by atoms with Crippen LogP contribution in [0.25, 0.3) is 0 Å². The molecular weight excluding hydrogens is 500 g/mol. The van der Waals surface area contributed by atoms with Crippen molar-refractivity contribution < 1.29 is 27.7 Å². The maximum Gasteiger partial charge on any atom is 0.271 e. The van der Waals surface area contributed by atoms with Crippen LogP contribution >= 0.6 is 0 Å². The maximum atomic E-state index is 13.7. The SMILES string of the molecule is COc1ccc([N+](=O)[O-])cc1N(CC(=O)N(Cc1ccccc1C)[C@H](C)C(=O)NC(C)(C)C)S(C)(=O)=O. The molecule has 2 aromatic carbocycles.